The monoisotopic (exact) mass is 339 g/mol. The molecule has 3 heterocycles. The number of rotatable bonds is 4. The highest BCUT2D eigenvalue weighted by Gasteiger charge is 2.26. The number of hydrogen-bond acceptors (Lipinski definition) is 7. The Kier molecular flexibility index (Phi) is 4.19. The molecule has 9 nitrogen and oxygen atoms in total. The van der Waals surface area contributed by atoms with Crippen LogP contribution in [0.3, 0.4) is 0 Å². The van der Waals surface area contributed by atoms with Gasteiger partial charge in [-0.3, -0.25) is 4.79 Å². The molecule has 4 rings (SSSR count). The molecule has 0 saturated carbocycles. The highest BCUT2D eigenvalue weighted by atomic mass is 16.5. The van der Waals surface area contributed by atoms with Crippen LogP contribution in [0.1, 0.15) is 40.5 Å². The Labute approximate surface area is 143 Å². The first kappa shape index (κ1) is 15.4. The van der Waals surface area contributed by atoms with Crippen LogP contribution in [0.25, 0.3) is 0 Å². The van der Waals surface area contributed by atoms with E-state index >= 15 is 0 Å². The Morgan fingerprint density at radius 3 is 2.64 bits per heavy atom. The molecule has 1 amide bonds. The highest BCUT2D eigenvalue weighted by Crippen LogP contribution is 2.26. The van der Waals surface area contributed by atoms with Crippen molar-refractivity contribution in [3.05, 3.63) is 53.9 Å². The van der Waals surface area contributed by atoms with Gasteiger partial charge in [0, 0.05) is 24.6 Å². The lowest BCUT2D eigenvalue weighted by Crippen LogP contribution is -2.38. The summed E-state index contributed by atoms with van der Waals surface area (Å²) < 4.78 is 6.44. The van der Waals surface area contributed by atoms with Gasteiger partial charge in [-0.2, -0.15) is 4.98 Å². The lowest BCUT2D eigenvalue weighted by atomic mass is 9.95. The van der Waals surface area contributed by atoms with Gasteiger partial charge in [-0.05, 0) is 41.0 Å². The summed E-state index contributed by atoms with van der Waals surface area (Å²) >= 11 is 0. The van der Waals surface area contributed by atoms with E-state index in [0.717, 1.165) is 24.2 Å². The topological polar surface area (TPSA) is 103 Å². The summed E-state index contributed by atoms with van der Waals surface area (Å²) in [6.07, 6.45) is 4.61. The molecule has 9 heteroatoms. The van der Waals surface area contributed by atoms with Crippen LogP contribution in [0.5, 0.6) is 0 Å². The molecule has 0 N–H and O–H groups in total. The molecule has 2 aromatic heterocycles. The summed E-state index contributed by atoms with van der Waals surface area (Å²) in [4.78, 5) is 18.7. The van der Waals surface area contributed by atoms with E-state index in [1.165, 1.54) is 6.39 Å². The maximum Gasteiger partial charge on any atom is 0.253 e. The summed E-state index contributed by atoms with van der Waals surface area (Å²) in [5, 5.41) is 15.0. The first-order chi connectivity index (χ1) is 12.3. The molecule has 0 spiro atoms. The molecular weight excluding hydrogens is 322 g/mol. The van der Waals surface area contributed by atoms with Gasteiger partial charge < -0.3 is 9.42 Å². The number of carbonyl (C=O) groups excluding carboxylic acids is 1. The Hall–Kier alpha value is -3.10. The molecule has 1 saturated heterocycles. The zero-order chi connectivity index (χ0) is 17.1. The van der Waals surface area contributed by atoms with Crippen molar-refractivity contribution in [2.75, 3.05) is 13.1 Å². The van der Waals surface area contributed by atoms with Crippen LogP contribution in [0, 0.1) is 0 Å². The second kappa shape index (κ2) is 6.80. The SMILES string of the molecule is O=C(c1ccc(Cn2cnnn2)cc1)N1CCC(c2ncon2)CC1. The number of likely N-dealkylation sites (tertiary alicyclic amines) is 1. The summed E-state index contributed by atoms with van der Waals surface area (Å²) in [5.41, 5.74) is 1.73. The number of piperidine rings is 1. The Morgan fingerprint density at radius 1 is 1.20 bits per heavy atom. The minimum Gasteiger partial charge on any atom is -0.343 e. The van der Waals surface area contributed by atoms with Crippen molar-refractivity contribution in [3.8, 4) is 0 Å². The lowest BCUT2D eigenvalue weighted by molar-refractivity contribution is 0.0710. The van der Waals surface area contributed by atoms with E-state index < -0.39 is 0 Å². The summed E-state index contributed by atoms with van der Waals surface area (Å²) in [5.74, 6) is 1.06. The van der Waals surface area contributed by atoms with Crippen LogP contribution in [0.4, 0.5) is 0 Å². The molecule has 25 heavy (non-hydrogen) atoms. The van der Waals surface area contributed by atoms with Crippen LogP contribution in [-0.2, 0) is 6.54 Å². The number of carbonyl (C=O) groups is 1. The molecule has 1 aliphatic rings. The Balaban J connectivity index is 1.36. The van der Waals surface area contributed by atoms with E-state index in [1.807, 2.05) is 29.2 Å². The van der Waals surface area contributed by atoms with Crippen molar-refractivity contribution in [3.63, 3.8) is 0 Å². The summed E-state index contributed by atoms with van der Waals surface area (Å²) in [7, 11) is 0. The molecule has 0 radical (unpaired) electrons. The fourth-order valence-electron chi connectivity index (χ4n) is 3.07. The molecule has 0 bridgehead atoms. The minimum absolute atomic E-state index is 0.0561. The summed E-state index contributed by atoms with van der Waals surface area (Å²) in [6, 6.07) is 7.57. The van der Waals surface area contributed by atoms with E-state index in [9.17, 15) is 4.79 Å². The third-order valence-electron chi connectivity index (χ3n) is 4.46. The van der Waals surface area contributed by atoms with Crippen LogP contribution in [-0.4, -0.2) is 54.2 Å². The number of hydrogen-bond donors (Lipinski definition) is 0. The first-order valence-electron chi connectivity index (χ1n) is 8.15. The predicted octanol–water partition coefficient (Wildman–Crippen LogP) is 1.12. The van der Waals surface area contributed by atoms with Gasteiger partial charge in [0.25, 0.3) is 5.91 Å². The van der Waals surface area contributed by atoms with Crippen LogP contribution in [0.2, 0.25) is 0 Å². The fraction of sp³-hybridized carbons (Fsp3) is 0.375. The number of aromatic nitrogens is 6. The number of tetrazole rings is 1. The van der Waals surface area contributed by atoms with Gasteiger partial charge in [0.1, 0.15) is 6.33 Å². The maximum absolute atomic E-state index is 12.7. The quantitative estimate of drug-likeness (QED) is 0.702. The Morgan fingerprint density at radius 2 is 2.00 bits per heavy atom. The predicted molar refractivity (Wildman–Crippen MR) is 85.5 cm³/mol. The molecule has 1 aliphatic heterocycles. The molecule has 1 fully saturated rings. The second-order valence-corrected chi connectivity index (χ2v) is 6.06. The average molecular weight is 339 g/mol. The smallest absolute Gasteiger partial charge is 0.253 e. The minimum atomic E-state index is 0.0561. The molecular formula is C16H17N7O2. The van der Waals surface area contributed by atoms with Gasteiger partial charge in [-0.1, -0.05) is 17.3 Å². The van der Waals surface area contributed by atoms with Crippen molar-refractivity contribution in [1.82, 2.24) is 35.2 Å². The third-order valence-corrected chi connectivity index (χ3v) is 4.46. The van der Waals surface area contributed by atoms with Crippen LogP contribution < -0.4 is 0 Å². The zero-order valence-electron chi connectivity index (χ0n) is 13.5. The lowest BCUT2D eigenvalue weighted by Gasteiger charge is -2.30. The second-order valence-electron chi connectivity index (χ2n) is 6.06. The fourth-order valence-corrected chi connectivity index (χ4v) is 3.07. The largest absolute Gasteiger partial charge is 0.343 e. The average Bonchev–Trinajstić information content (AvgIpc) is 3.36. The number of nitrogens with zero attached hydrogens (tertiary/aromatic N) is 7. The van der Waals surface area contributed by atoms with E-state index in [4.69, 9.17) is 4.52 Å². The zero-order valence-corrected chi connectivity index (χ0v) is 13.5. The van der Waals surface area contributed by atoms with Crippen molar-refractivity contribution in [1.29, 1.82) is 0 Å². The van der Waals surface area contributed by atoms with Crippen molar-refractivity contribution in [2.24, 2.45) is 0 Å². The molecule has 0 atom stereocenters. The van der Waals surface area contributed by atoms with Crippen molar-refractivity contribution < 1.29 is 9.32 Å². The first-order valence-corrected chi connectivity index (χ1v) is 8.15. The molecule has 1 aromatic carbocycles. The van der Waals surface area contributed by atoms with Gasteiger partial charge in [-0.25, -0.2) is 4.68 Å². The highest BCUT2D eigenvalue weighted by molar-refractivity contribution is 5.94. The van der Waals surface area contributed by atoms with Crippen LogP contribution in [0.15, 0.2) is 41.5 Å². The van der Waals surface area contributed by atoms with E-state index in [-0.39, 0.29) is 11.8 Å². The van der Waals surface area contributed by atoms with E-state index in [2.05, 4.69) is 25.7 Å². The molecule has 3 aromatic rings. The molecule has 0 unspecified atom stereocenters. The molecule has 0 aliphatic carbocycles. The van der Waals surface area contributed by atoms with E-state index in [0.29, 0.717) is 25.2 Å². The van der Waals surface area contributed by atoms with Crippen molar-refractivity contribution in [2.45, 2.75) is 25.3 Å². The Bertz CT molecular complexity index is 807. The molecule has 128 valence electrons. The van der Waals surface area contributed by atoms with E-state index in [1.54, 1.807) is 11.0 Å². The normalized spacial score (nSPS) is 15.4. The number of benzene rings is 1. The van der Waals surface area contributed by atoms with Crippen molar-refractivity contribution >= 4 is 5.91 Å². The van der Waals surface area contributed by atoms with Gasteiger partial charge in [0.15, 0.2) is 5.82 Å². The summed E-state index contributed by atoms with van der Waals surface area (Å²) in [6.45, 7) is 1.98. The van der Waals surface area contributed by atoms with Gasteiger partial charge in [-0.15, -0.1) is 5.10 Å². The maximum atomic E-state index is 12.7. The van der Waals surface area contributed by atoms with Gasteiger partial charge in [0.05, 0.1) is 6.54 Å². The number of amides is 1. The van der Waals surface area contributed by atoms with Gasteiger partial charge in [0.2, 0.25) is 6.39 Å². The van der Waals surface area contributed by atoms with Crippen LogP contribution >= 0.6 is 0 Å². The third kappa shape index (κ3) is 3.39. The van der Waals surface area contributed by atoms with Gasteiger partial charge >= 0.3 is 0 Å². The standard InChI is InChI=1S/C16H17N7O2/c24-16(22-7-5-13(6-8-22)15-17-11-25-19-15)14-3-1-12(2-4-14)9-23-10-18-20-21-23/h1-4,10-11,13H,5-9H2.